The lowest BCUT2D eigenvalue weighted by Gasteiger charge is -2.26. The van der Waals surface area contributed by atoms with Crippen molar-refractivity contribution < 1.29 is 9.84 Å². The van der Waals surface area contributed by atoms with E-state index in [4.69, 9.17) is 4.74 Å². The average Bonchev–Trinajstić information content (AvgIpc) is 2.17. The lowest BCUT2D eigenvalue weighted by molar-refractivity contribution is 0.182. The van der Waals surface area contributed by atoms with Crippen molar-refractivity contribution >= 4 is 5.69 Å². The Morgan fingerprint density at radius 2 is 2.43 bits per heavy atom. The first-order chi connectivity index (χ1) is 6.79. The molecule has 14 heavy (non-hydrogen) atoms. The van der Waals surface area contributed by atoms with Gasteiger partial charge in [-0.05, 0) is 24.5 Å². The Labute approximate surface area is 83.7 Å². The van der Waals surface area contributed by atoms with E-state index in [0.29, 0.717) is 11.8 Å². The Morgan fingerprint density at radius 1 is 1.57 bits per heavy atom. The zero-order valence-corrected chi connectivity index (χ0v) is 8.29. The fourth-order valence-electron chi connectivity index (χ4n) is 1.86. The Bertz CT molecular complexity index is 325. The molecular weight excluding hydrogens is 178 g/mol. The van der Waals surface area contributed by atoms with Crippen molar-refractivity contribution in [2.24, 2.45) is 0 Å². The van der Waals surface area contributed by atoms with Crippen molar-refractivity contribution in [3.8, 4) is 5.75 Å². The molecule has 3 heteroatoms. The van der Waals surface area contributed by atoms with E-state index in [9.17, 15) is 5.11 Å². The van der Waals surface area contributed by atoms with Crippen LogP contribution in [-0.4, -0.2) is 24.9 Å². The third kappa shape index (κ3) is 1.82. The zero-order valence-electron chi connectivity index (χ0n) is 8.29. The van der Waals surface area contributed by atoms with Crippen molar-refractivity contribution in [3.63, 3.8) is 0 Å². The van der Waals surface area contributed by atoms with E-state index in [1.165, 1.54) is 5.56 Å². The Balaban J connectivity index is 2.16. The van der Waals surface area contributed by atoms with Crippen LogP contribution in [0.15, 0.2) is 18.2 Å². The highest BCUT2D eigenvalue weighted by atomic mass is 16.5. The molecule has 2 rings (SSSR count). The number of anilines is 1. The standard InChI is InChI=1S/C11H15NO2/c1-14-7-9-4-2-8-3-5-10(13)6-11(8)12-9/h3,5-6,9,12-13H,2,4,7H2,1H3. The first kappa shape index (κ1) is 9.34. The molecule has 0 aromatic heterocycles. The average molecular weight is 193 g/mol. The van der Waals surface area contributed by atoms with Crippen LogP contribution in [0.3, 0.4) is 0 Å². The lowest BCUT2D eigenvalue weighted by Crippen LogP contribution is -2.29. The second-order valence-corrected chi connectivity index (χ2v) is 3.68. The highest BCUT2D eigenvalue weighted by Crippen LogP contribution is 2.28. The Morgan fingerprint density at radius 3 is 3.21 bits per heavy atom. The van der Waals surface area contributed by atoms with Gasteiger partial charge in [-0.25, -0.2) is 0 Å². The van der Waals surface area contributed by atoms with E-state index in [1.54, 1.807) is 19.2 Å². The highest BCUT2D eigenvalue weighted by molar-refractivity contribution is 5.57. The summed E-state index contributed by atoms with van der Waals surface area (Å²) < 4.78 is 5.10. The molecule has 0 radical (unpaired) electrons. The molecule has 0 fully saturated rings. The number of rotatable bonds is 2. The van der Waals surface area contributed by atoms with Crippen molar-refractivity contribution in [3.05, 3.63) is 23.8 Å². The number of aromatic hydroxyl groups is 1. The molecule has 0 spiro atoms. The summed E-state index contributed by atoms with van der Waals surface area (Å²) >= 11 is 0. The molecule has 76 valence electrons. The predicted molar refractivity (Wildman–Crippen MR) is 55.7 cm³/mol. The lowest BCUT2D eigenvalue weighted by atomic mass is 9.98. The maximum atomic E-state index is 9.33. The summed E-state index contributed by atoms with van der Waals surface area (Å²) in [5.74, 6) is 0.314. The molecule has 0 saturated carbocycles. The monoisotopic (exact) mass is 193 g/mol. The number of phenolic OH excluding ortho intramolecular Hbond substituents is 1. The number of nitrogens with one attached hydrogen (secondary N) is 1. The number of methoxy groups -OCH3 is 1. The van der Waals surface area contributed by atoms with Crippen molar-refractivity contribution in [1.82, 2.24) is 0 Å². The quantitative estimate of drug-likeness (QED) is 0.752. The molecule has 1 unspecified atom stereocenters. The second kappa shape index (κ2) is 3.88. The van der Waals surface area contributed by atoms with E-state index in [1.807, 2.05) is 6.07 Å². The third-order valence-corrected chi connectivity index (χ3v) is 2.58. The van der Waals surface area contributed by atoms with Crippen LogP contribution in [0.4, 0.5) is 5.69 Å². The van der Waals surface area contributed by atoms with Gasteiger partial charge in [-0.1, -0.05) is 6.07 Å². The van der Waals surface area contributed by atoms with Gasteiger partial charge in [0.25, 0.3) is 0 Å². The summed E-state index contributed by atoms with van der Waals surface area (Å²) in [6.07, 6.45) is 2.14. The van der Waals surface area contributed by atoms with Crippen LogP contribution in [0.1, 0.15) is 12.0 Å². The fraction of sp³-hybridized carbons (Fsp3) is 0.455. The molecule has 0 saturated heterocycles. The second-order valence-electron chi connectivity index (χ2n) is 3.68. The molecule has 0 aliphatic carbocycles. The van der Waals surface area contributed by atoms with Crippen molar-refractivity contribution in [1.29, 1.82) is 0 Å². The van der Waals surface area contributed by atoms with Crippen LogP contribution < -0.4 is 5.32 Å². The van der Waals surface area contributed by atoms with E-state index < -0.39 is 0 Å². The Hall–Kier alpha value is -1.22. The number of fused-ring (bicyclic) bond motifs is 1. The topological polar surface area (TPSA) is 41.5 Å². The molecule has 1 heterocycles. The molecule has 1 aliphatic rings. The van der Waals surface area contributed by atoms with Crippen LogP contribution in [0.25, 0.3) is 0 Å². The van der Waals surface area contributed by atoms with Gasteiger partial charge in [-0.15, -0.1) is 0 Å². The minimum atomic E-state index is 0.314. The number of benzene rings is 1. The molecule has 1 atom stereocenters. The van der Waals surface area contributed by atoms with Gasteiger partial charge in [-0.2, -0.15) is 0 Å². The number of hydrogen-bond acceptors (Lipinski definition) is 3. The molecule has 0 bridgehead atoms. The molecule has 1 aromatic carbocycles. The Kier molecular flexibility index (Phi) is 2.59. The molecule has 2 N–H and O–H groups in total. The minimum Gasteiger partial charge on any atom is -0.508 e. The summed E-state index contributed by atoms with van der Waals surface area (Å²) in [5.41, 5.74) is 2.31. The zero-order chi connectivity index (χ0) is 9.97. The van der Waals surface area contributed by atoms with Crippen LogP contribution in [-0.2, 0) is 11.2 Å². The van der Waals surface area contributed by atoms with Crippen LogP contribution in [0, 0.1) is 0 Å². The smallest absolute Gasteiger partial charge is 0.117 e. The molecule has 0 amide bonds. The summed E-state index contributed by atoms with van der Waals surface area (Å²) in [6.45, 7) is 0.717. The van der Waals surface area contributed by atoms with Crippen LogP contribution >= 0.6 is 0 Å². The van der Waals surface area contributed by atoms with Crippen molar-refractivity contribution in [2.75, 3.05) is 19.0 Å². The van der Waals surface area contributed by atoms with Gasteiger partial charge in [0, 0.05) is 24.9 Å². The molecular formula is C11H15NO2. The number of phenols is 1. The van der Waals surface area contributed by atoms with Gasteiger partial charge in [0.15, 0.2) is 0 Å². The van der Waals surface area contributed by atoms with Gasteiger partial charge in [-0.3, -0.25) is 0 Å². The summed E-state index contributed by atoms with van der Waals surface area (Å²) in [7, 11) is 1.71. The van der Waals surface area contributed by atoms with E-state index in [2.05, 4.69) is 5.32 Å². The third-order valence-electron chi connectivity index (χ3n) is 2.58. The van der Waals surface area contributed by atoms with Gasteiger partial charge in [0.2, 0.25) is 0 Å². The van der Waals surface area contributed by atoms with E-state index in [-0.39, 0.29) is 0 Å². The number of hydrogen-bond donors (Lipinski definition) is 2. The van der Waals surface area contributed by atoms with E-state index >= 15 is 0 Å². The molecule has 1 aromatic rings. The van der Waals surface area contributed by atoms with Crippen LogP contribution in [0.2, 0.25) is 0 Å². The number of ether oxygens (including phenoxy) is 1. The maximum Gasteiger partial charge on any atom is 0.117 e. The summed E-state index contributed by atoms with van der Waals surface area (Å²) in [5, 5.41) is 12.7. The van der Waals surface area contributed by atoms with Crippen molar-refractivity contribution in [2.45, 2.75) is 18.9 Å². The largest absolute Gasteiger partial charge is 0.508 e. The van der Waals surface area contributed by atoms with Gasteiger partial charge in [0.1, 0.15) is 5.75 Å². The normalized spacial score (nSPS) is 19.9. The molecule has 1 aliphatic heterocycles. The predicted octanol–water partition coefficient (Wildman–Crippen LogP) is 1.77. The first-order valence-electron chi connectivity index (χ1n) is 4.87. The molecule has 3 nitrogen and oxygen atoms in total. The summed E-state index contributed by atoms with van der Waals surface area (Å²) in [6, 6.07) is 5.85. The van der Waals surface area contributed by atoms with E-state index in [0.717, 1.165) is 25.1 Å². The maximum absolute atomic E-state index is 9.33. The van der Waals surface area contributed by atoms with Gasteiger partial charge < -0.3 is 15.2 Å². The SMILES string of the molecule is COCC1CCc2ccc(O)cc2N1. The van der Waals surface area contributed by atoms with Gasteiger partial charge >= 0.3 is 0 Å². The highest BCUT2D eigenvalue weighted by Gasteiger charge is 2.17. The minimum absolute atomic E-state index is 0.314. The van der Waals surface area contributed by atoms with Crippen LogP contribution in [0.5, 0.6) is 5.75 Å². The fourth-order valence-corrected chi connectivity index (χ4v) is 1.86. The van der Waals surface area contributed by atoms with Gasteiger partial charge in [0.05, 0.1) is 6.61 Å². The number of aryl methyl sites for hydroxylation is 1. The summed E-state index contributed by atoms with van der Waals surface area (Å²) in [4.78, 5) is 0. The first-order valence-corrected chi connectivity index (χ1v) is 4.87.